The van der Waals surface area contributed by atoms with E-state index in [1.807, 2.05) is 41.5 Å². The normalized spacial score (nSPS) is 11.3. The van der Waals surface area contributed by atoms with Crippen LogP contribution in [0.3, 0.4) is 0 Å². The van der Waals surface area contributed by atoms with Crippen LogP contribution >= 0.6 is 0 Å². The highest BCUT2D eigenvalue weighted by Crippen LogP contribution is 2.19. The molecule has 0 saturated carbocycles. The number of amides is 1. The first-order valence-corrected chi connectivity index (χ1v) is 7.03. The van der Waals surface area contributed by atoms with Crippen LogP contribution in [-0.2, 0) is 9.47 Å². The van der Waals surface area contributed by atoms with Crippen LogP contribution < -0.4 is 0 Å². The van der Waals surface area contributed by atoms with Crippen molar-refractivity contribution in [2.75, 3.05) is 19.8 Å². The number of carbonyl (C=O) groups excluding carboxylic acids is 1. The molecule has 0 aromatic heterocycles. The molecule has 0 aliphatic heterocycles. The van der Waals surface area contributed by atoms with Crippen molar-refractivity contribution in [1.82, 2.24) is 4.90 Å². The molecule has 0 aromatic carbocycles. The first kappa shape index (κ1) is 18.7. The Morgan fingerprint density at radius 3 is 2.20 bits per heavy atom. The predicted molar refractivity (Wildman–Crippen MR) is 82.6 cm³/mol. The van der Waals surface area contributed by atoms with Crippen molar-refractivity contribution in [3.8, 4) is 0 Å². The zero-order valence-electron chi connectivity index (χ0n) is 13.8. The number of hydrogen-bond acceptors (Lipinski definition) is 3. The molecule has 0 rings (SSSR count). The predicted octanol–water partition coefficient (Wildman–Crippen LogP) is 3.99. The molecular formula is C16H29NO3. The van der Waals surface area contributed by atoms with Crippen molar-refractivity contribution in [3.05, 3.63) is 24.4 Å². The Morgan fingerprint density at radius 2 is 1.80 bits per heavy atom. The van der Waals surface area contributed by atoms with Crippen LogP contribution in [0.1, 0.15) is 41.5 Å². The van der Waals surface area contributed by atoms with Crippen molar-refractivity contribution in [2.45, 2.75) is 47.1 Å². The molecule has 0 aliphatic carbocycles. The third-order valence-electron chi connectivity index (χ3n) is 2.38. The topological polar surface area (TPSA) is 38.8 Å². The fourth-order valence-electron chi connectivity index (χ4n) is 1.48. The van der Waals surface area contributed by atoms with Gasteiger partial charge in [0.2, 0.25) is 0 Å². The summed E-state index contributed by atoms with van der Waals surface area (Å²) in [5.41, 5.74) is 0.716. The lowest BCUT2D eigenvalue weighted by molar-refractivity contribution is 0.0297. The third kappa shape index (κ3) is 7.34. The second-order valence-corrected chi connectivity index (χ2v) is 6.17. The van der Waals surface area contributed by atoms with E-state index in [0.29, 0.717) is 36.9 Å². The van der Waals surface area contributed by atoms with Gasteiger partial charge in [0.15, 0.2) is 0 Å². The molecule has 20 heavy (non-hydrogen) atoms. The van der Waals surface area contributed by atoms with Crippen LogP contribution in [-0.4, -0.2) is 36.4 Å². The van der Waals surface area contributed by atoms with Gasteiger partial charge in [-0.25, -0.2) is 4.79 Å². The van der Waals surface area contributed by atoms with Crippen LogP contribution in [0, 0.1) is 5.92 Å². The minimum absolute atomic E-state index is 0.305. The number of rotatable bonds is 7. The average Bonchev–Trinajstić information content (AvgIpc) is 2.29. The van der Waals surface area contributed by atoms with Gasteiger partial charge in [-0.2, -0.15) is 0 Å². The van der Waals surface area contributed by atoms with Crippen LogP contribution in [0.5, 0.6) is 0 Å². The van der Waals surface area contributed by atoms with E-state index in [1.165, 1.54) is 4.90 Å². The Labute approximate surface area is 123 Å². The van der Waals surface area contributed by atoms with Gasteiger partial charge in [0, 0.05) is 18.8 Å². The number of nitrogens with zero attached hydrogens (tertiary/aromatic N) is 1. The minimum atomic E-state index is -0.534. The van der Waals surface area contributed by atoms with Crippen molar-refractivity contribution >= 4 is 6.09 Å². The van der Waals surface area contributed by atoms with Gasteiger partial charge in [-0.1, -0.05) is 27.0 Å². The van der Waals surface area contributed by atoms with Gasteiger partial charge in [-0.05, 0) is 39.2 Å². The monoisotopic (exact) mass is 283 g/mol. The van der Waals surface area contributed by atoms with E-state index in [2.05, 4.69) is 13.2 Å². The zero-order chi connectivity index (χ0) is 15.9. The smallest absolute Gasteiger partial charge is 0.414 e. The summed E-state index contributed by atoms with van der Waals surface area (Å²) in [4.78, 5) is 13.8. The second-order valence-electron chi connectivity index (χ2n) is 6.17. The Kier molecular flexibility index (Phi) is 7.58. The summed E-state index contributed by atoms with van der Waals surface area (Å²) in [5, 5.41) is 0. The molecule has 0 aromatic rings. The van der Waals surface area contributed by atoms with E-state index in [4.69, 9.17) is 9.47 Å². The first-order valence-electron chi connectivity index (χ1n) is 7.03. The van der Waals surface area contributed by atoms with E-state index in [0.717, 1.165) is 0 Å². The first-order chi connectivity index (χ1) is 9.08. The summed E-state index contributed by atoms with van der Waals surface area (Å²) >= 11 is 0. The van der Waals surface area contributed by atoms with E-state index >= 15 is 0 Å². The molecule has 4 heteroatoms. The average molecular weight is 283 g/mol. The second kappa shape index (κ2) is 8.10. The lowest BCUT2D eigenvalue weighted by Crippen LogP contribution is -2.38. The summed E-state index contributed by atoms with van der Waals surface area (Å²) in [6, 6.07) is 0. The van der Waals surface area contributed by atoms with Crippen molar-refractivity contribution in [1.29, 1.82) is 0 Å². The fraction of sp³-hybridized carbons (Fsp3) is 0.688. The molecule has 0 unspecified atom stereocenters. The molecule has 0 atom stereocenters. The Balaban J connectivity index is 4.91. The maximum absolute atomic E-state index is 12.3. The SMILES string of the molecule is C=C(COCC)C(=C)N(CC(C)C)C(=O)OC(C)(C)C. The summed E-state index contributed by atoms with van der Waals surface area (Å²) < 4.78 is 10.7. The van der Waals surface area contributed by atoms with Gasteiger partial charge in [0.1, 0.15) is 5.60 Å². The Bertz CT molecular complexity index is 353. The number of hydrogen-bond donors (Lipinski definition) is 0. The summed E-state index contributed by atoms with van der Waals surface area (Å²) in [6.07, 6.45) is -0.395. The molecule has 0 radical (unpaired) electrons. The lowest BCUT2D eigenvalue weighted by Gasteiger charge is -2.30. The molecule has 0 heterocycles. The summed E-state index contributed by atoms with van der Waals surface area (Å²) in [5.74, 6) is 0.305. The van der Waals surface area contributed by atoms with E-state index < -0.39 is 11.7 Å². The maximum Gasteiger partial charge on any atom is 0.414 e. The van der Waals surface area contributed by atoms with E-state index in [9.17, 15) is 4.79 Å². The molecule has 4 nitrogen and oxygen atoms in total. The molecule has 1 amide bonds. The highest BCUT2D eigenvalue weighted by molar-refractivity contribution is 5.71. The number of ether oxygens (including phenoxy) is 2. The fourth-order valence-corrected chi connectivity index (χ4v) is 1.48. The van der Waals surface area contributed by atoms with Crippen molar-refractivity contribution in [3.63, 3.8) is 0 Å². The van der Waals surface area contributed by atoms with E-state index in [1.54, 1.807) is 0 Å². The molecule has 0 saturated heterocycles. The molecule has 0 aliphatic rings. The quantitative estimate of drug-likeness (QED) is 0.663. The Hall–Kier alpha value is -1.29. The van der Waals surface area contributed by atoms with Crippen LogP contribution in [0.2, 0.25) is 0 Å². The molecule has 0 N–H and O–H groups in total. The molecular weight excluding hydrogens is 254 g/mol. The largest absolute Gasteiger partial charge is 0.443 e. The maximum atomic E-state index is 12.3. The molecule has 0 fully saturated rings. The van der Waals surface area contributed by atoms with E-state index in [-0.39, 0.29) is 0 Å². The van der Waals surface area contributed by atoms with Crippen LogP contribution in [0.4, 0.5) is 4.79 Å². The number of carbonyl (C=O) groups is 1. The highest BCUT2D eigenvalue weighted by Gasteiger charge is 2.25. The highest BCUT2D eigenvalue weighted by atomic mass is 16.6. The van der Waals surface area contributed by atoms with Gasteiger partial charge in [0.25, 0.3) is 0 Å². The van der Waals surface area contributed by atoms with Crippen molar-refractivity contribution in [2.24, 2.45) is 5.92 Å². The zero-order valence-corrected chi connectivity index (χ0v) is 13.8. The molecule has 116 valence electrons. The lowest BCUT2D eigenvalue weighted by atomic mass is 10.1. The van der Waals surface area contributed by atoms with Gasteiger partial charge in [-0.3, -0.25) is 4.90 Å². The molecule has 0 bridgehead atoms. The van der Waals surface area contributed by atoms with Crippen molar-refractivity contribution < 1.29 is 14.3 Å². The standard InChI is InChI=1S/C16H29NO3/c1-9-19-11-13(4)14(5)17(10-12(2)3)15(18)20-16(6,7)8/h12H,4-5,9-11H2,1-3,6-8H3. The van der Waals surface area contributed by atoms with Crippen LogP contribution in [0.25, 0.3) is 0 Å². The van der Waals surface area contributed by atoms with Gasteiger partial charge < -0.3 is 9.47 Å². The minimum Gasteiger partial charge on any atom is -0.443 e. The summed E-state index contributed by atoms with van der Waals surface area (Å²) in [7, 11) is 0. The Morgan fingerprint density at radius 1 is 1.25 bits per heavy atom. The summed E-state index contributed by atoms with van der Waals surface area (Å²) in [6.45, 7) is 20.9. The van der Waals surface area contributed by atoms with Gasteiger partial charge >= 0.3 is 6.09 Å². The third-order valence-corrected chi connectivity index (χ3v) is 2.38. The van der Waals surface area contributed by atoms with Gasteiger partial charge in [0.05, 0.1) is 6.61 Å². The van der Waals surface area contributed by atoms with Crippen LogP contribution in [0.15, 0.2) is 24.4 Å². The molecule has 0 spiro atoms. The van der Waals surface area contributed by atoms with Gasteiger partial charge in [-0.15, -0.1) is 0 Å².